The van der Waals surface area contributed by atoms with Crippen LogP contribution in [0.5, 0.6) is 11.5 Å². The summed E-state index contributed by atoms with van der Waals surface area (Å²) in [4.78, 5) is 31.3. The molecule has 1 aliphatic heterocycles. The Bertz CT molecular complexity index is 1150. The van der Waals surface area contributed by atoms with E-state index in [1.165, 1.54) is 0 Å². The van der Waals surface area contributed by atoms with Crippen LogP contribution in [0.3, 0.4) is 0 Å². The van der Waals surface area contributed by atoms with Gasteiger partial charge in [0.2, 0.25) is 5.91 Å². The molecule has 0 radical (unpaired) electrons. The summed E-state index contributed by atoms with van der Waals surface area (Å²) < 4.78 is 16.9. The predicted molar refractivity (Wildman–Crippen MR) is 136 cm³/mol. The molecule has 0 spiro atoms. The van der Waals surface area contributed by atoms with Crippen LogP contribution in [-0.2, 0) is 16.1 Å². The number of pyridine rings is 1. The second-order valence-corrected chi connectivity index (χ2v) is 8.21. The molecule has 2 aromatic carbocycles. The summed E-state index contributed by atoms with van der Waals surface area (Å²) in [5, 5.41) is 5.76. The van der Waals surface area contributed by atoms with Gasteiger partial charge in [-0.1, -0.05) is 6.07 Å². The van der Waals surface area contributed by atoms with Gasteiger partial charge in [-0.05, 0) is 55.5 Å². The number of nitrogens with zero attached hydrogens (tertiary/aromatic N) is 2. The van der Waals surface area contributed by atoms with E-state index in [4.69, 9.17) is 14.2 Å². The normalized spacial score (nSPS) is 13.6. The summed E-state index contributed by atoms with van der Waals surface area (Å²) in [6, 6.07) is 15.9. The van der Waals surface area contributed by atoms with Crippen LogP contribution in [0.15, 0.2) is 67.0 Å². The van der Waals surface area contributed by atoms with E-state index < -0.39 is 0 Å². The van der Waals surface area contributed by atoms with Gasteiger partial charge in [0.1, 0.15) is 6.61 Å². The zero-order valence-corrected chi connectivity index (χ0v) is 20.2. The summed E-state index contributed by atoms with van der Waals surface area (Å²) in [5.74, 6) is 0.684. The first-order valence-corrected chi connectivity index (χ1v) is 11.9. The highest BCUT2D eigenvalue weighted by molar-refractivity contribution is 6.04. The maximum atomic E-state index is 12.8. The molecule has 1 aromatic heterocycles. The molecular weight excluding hydrogens is 460 g/mol. The third-order valence-corrected chi connectivity index (χ3v) is 5.52. The van der Waals surface area contributed by atoms with Crippen molar-refractivity contribution >= 4 is 23.2 Å². The second-order valence-electron chi connectivity index (χ2n) is 8.21. The highest BCUT2D eigenvalue weighted by Crippen LogP contribution is 2.29. The van der Waals surface area contributed by atoms with Gasteiger partial charge < -0.3 is 24.8 Å². The molecule has 0 bridgehead atoms. The highest BCUT2D eigenvalue weighted by Gasteiger charge is 2.15. The Morgan fingerprint density at radius 1 is 0.972 bits per heavy atom. The maximum absolute atomic E-state index is 12.8. The average molecular weight is 491 g/mol. The van der Waals surface area contributed by atoms with E-state index in [0.717, 1.165) is 18.7 Å². The monoisotopic (exact) mass is 490 g/mol. The van der Waals surface area contributed by atoms with Gasteiger partial charge >= 0.3 is 0 Å². The van der Waals surface area contributed by atoms with E-state index >= 15 is 0 Å². The minimum atomic E-state index is -0.279. The largest absolute Gasteiger partial charge is 0.490 e. The zero-order valence-electron chi connectivity index (χ0n) is 20.2. The van der Waals surface area contributed by atoms with E-state index in [9.17, 15) is 9.59 Å². The Labute approximate surface area is 210 Å². The topological polar surface area (TPSA) is 102 Å². The number of ether oxygens (including phenoxy) is 3. The van der Waals surface area contributed by atoms with E-state index in [-0.39, 0.29) is 11.8 Å². The number of carbonyl (C=O) groups excluding carboxylic acids is 2. The lowest BCUT2D eigenvalue weighted by Crippen LogP contribution is -2.41. The lowest BCUT2D eigenvalue weighted by Gasteiger charge is -2.25. The average Bonchev–Trinajstić information content (AvgIpc) is 2.90. The van der Waals surface area contributed by atoms with Gasteiger partial charge in [0.05, 0.1) is 26.4 Å². The SMILES string of the molecule is CCOc1cc(C(=O)Nc2ccc(NC(=O)CN3CCOCC3)cc2)ccc1OCc1cccnc1. The van der Waals surface area contributed by atoms with Crippen LogP contribution in [0.25, 0.3) is 0 Å². The van der Waals surface area contributed by atoms with Crippen LogP contribution in [-0.4, -0.2) is 61.2 Å². The molecule has 1 fully saturated rings. The second kappa shape index (κ2) is 12.7. The molecule has 1 saturated heterocycles. The van der Waals surface area contributed by atoms with Gasteiger partial charge in [0.25, 0.3) is 5.91 Å². The molecular formula is C27H30N4O5. The molecule has 2 amide bonds. The number of carbonyl (C=O) groups is 2. The Morgan fingerprint density at radius 3 is 2.42 bits per heavy atom. The Kier molecular flexibility index (Phi) is 8.85. The minimum Gasteiger partial charge on any atom is -0.490 e. The van der Waals surface area contributed by atoms with Crippen molar-refractivity contribution in [1.82, 2.24) is 9.88 Å². The first kappa shape index (κ1) is 25.2. The van der Waals surface area contributed by atoms with Gasteiger partial charge in [-0.25, -0.2) is 0 Å². The summed E-state index contributed by atoms with van der Waals surface area (Å²) in [5.41, 5.74) is 2.65. The molecule has 0 aliphatic carbocycles. The number of nitrogens with one attached hydrogen (secondary N) is 2. The fraction of sp³-hybridized carbons (Fsp3) is 0.296. The van der Waals surface area contributed by atoms with E-state index in [2.05, 4.69) is 20.5 Å². The molecule has 0 unspecified atom stereocenters. The van der Waals surface area contributed by atoms with Crippen molar-refractivity contribution in [3.8, 4) is 11.5 Å². The van der Waals surface area contributed by atoms with Crippen molar-refractivity contribution in [2.24, 2.45) is 0 Å². The highest BCUT2D eigenvalue weighted by atomic mass is 16.5. The maximum Gasteiger partial charge on any atom is 0.255 e. The van der Waals surface area contributed by atoms with Gasteiger partial charge in [-0.2, -0.15) is 0 Å². The van der Waals surface area contributed by atoms with E-state index in [1.54, 1.807) is 54.9 Å². The molecule has 3 aromatic rings. The molecule has 4 rings (SSSR count). The zero-order chi connectivity index (χ0) is 25.2. The number of hydrogen-bond donors (Lipinski definition) is 2. The number of amides is 2. The predicted octanol–water partition coefficient (Wildman–Crippen LogP) is 3.58. The van der Waals surface area contributed by atoms with Crippen molar-refractivity contribution in [1.29, 1.82) is 0 Å². The van der Waals surface area contributed by atoms with Crippen LogP contribution in [0.1, 0.15) is 22.8 Å². The quantitative estimate of drug-likeness (QED) is 0.448. The lowest BCUT2D eigenvalue weighted by molar-refractivity contribution is -0.118. The molecule has 9 nitrogen and oxygen atoms in total. The molecule has 0 saturated carbocycles. The van der Waals surface area contributed by atoms with Gasteiger partial charge in [-0.15, -0.1) is 0 Å². The van der Waals surface area contributed by atoms with Gasteiger partial charge in [0, 0.05) is 48.0 Å². The Morgan fingerprint density at radius 2 is 1.72 bits per heavy atom. The standard InChI is InChI=1S/C27H30N4O5/c1-2-35-25-16-21(5-10-24(25)36-19-20-4-3-11-28-17-20)27(33)30-23-8-6-22(7-9-23)29-26(32)18-31-12-14-34-15-13-31/h3-11,16-17H,2,12-15,18-19H2,1H3,(H,29,32)(H,30,33). The molecule has 9 heteroatoms. The fourth-order valence-corrected chi connectivity index (χ4v) is 3.68. The molecule has 2 N–H and O–H groups in total. The fourth-order valence-electron chi connectivity index (χ4n) is 3.68. The Balaban J connectivity index is 1.33. The van der Waals surface area contributed by atoms with Crippen LogP contribution < -0.4 is 20.1 Å². The number of benzene rings is 2. The molecule has 1 aliphatic rings. The first-order chi connectivity index (χ1) is 17.6. The summed E-state index contributed by atoms with van der Waals surface area (Å²) in [6.45, 7) is 5.78. The third-order valence-electron chi connectivity index (χ3n) is 5.52. The number of rotatable bonds is 10. The van der Waals surface area contributed by atoms with Crippen molar-refractivity contribution in [2.45, 2.75) is 13.5 Å². The van der Waals surface area contributed by atoms with Crippen molar-refractivity contribution in [3.05, 3.63) is 78.1 Å². The van der Waals surface area contributed by atoms with Crippen LogP contribution in [0, 0.1) is 0 Å². The summed E-state index contributed by atoms with van der Waals surface area (Å²) >= 11 is 0. The first-order valence-electron chi connectivity index (χ1n) is 11.9. The summed E-state index contributed by atoms with van der Waals surface area (Å²) in [6.07, 6.45) is 3.45. The minimum absolute atomic E-state index is 0.0806. The Hall–Kier alpha value is -3.95. The van der Waals surface area contributed by atoms with Crippen molar-refractivity contribution < 1.29 is 23.8 Å². The number of hydrogen-bond acceptors (Lipinski definition) is 7. The molecule has 0 atom stereocenters. The third kappa shape index (κ3) is 7.27. The number of anilines is 2. The van der Waals surface area contributed by atoms with Crippen LogP contribution in [0.4, 0.5) is 11.4 Å². The van der Waals surface area contributed by atoms with Crippen molar-refractivity contribution in [2.75, 3.05) is 50.1 Å². The number of aromatic nitrogens is 1. The lowest BCUT2D eigenvalue weighted by atomic mass is 10.1. The number of morpholine rings is 1. The summed E-state index contributed by atoms with van der Waals surface area (Å²) in [7, 11) is 0. The van der Waals surface area contributed by atoms with Crippen LogP contribution in [0.2, 0.25) is 0 Å². The molecule has 2 heterocycles. The molecule has 36 heavy (non-hydrogen) atoms. The van der Waals surface area contributed by atoms with E-state index in [1.807, 2.05) is 19.1 Å². The van der Waals surface area contributed by atoms with E-state index in [0.29, 0.717) is 61.4 Å². The van der Waals surface area contributed by atoms with Crippen LogP contribution >= 0.6 is 0 Å². The van der Waals surface area contributed by atoms with Gasteiger partial charge in [0.15, 0.2) is 11.5 Å². The molecule has 188 valence electrons. The smallest absolute Gasteiger partial charge is 0.255 e. The van der Waals surface area contributed by atoms with Gasteiger partial charge in [-0.3, -0.25) is 19.5 Å². The van der Waals surface area contributed by atoms with Crippen molar-refractivity contribution in [3.63, 3.8) is 0 Å².